The number of piperidine rings is 1. The van der Waals surface area contributed by atoms with Crippen molar-refractivity contribution in [2.45, 2.75) is 31.2 Å². The number of carboxylic acids is 1. The zero-order valence-corrected chi connectivity index (χ0v) is 24.4. The minimum absolute atomic E-state index is 0. The molecule has 3 aromatic rings. The number of halogens is 2. The van der Waals surface area contributed by atoms with E-state index in [2.05, 4.69) is 10.2 Å². The minimum atomic E-state index is -1.16. The molecule has 1 unspecified atom stereocenters. The van der Waals surface area contributed by atoms with Crippen LogP contribution < -0.4 is 54.4 Å². The predicted octanol–water partition coefficient (Wildman–Crippen LogP) is 1.80. The molecule has 38 heavy (non-hydrogen) atoms. The average Bonchev–Trinajstić information content (AvgIpc) is 2.89. The van der Waals surface area contributed by atoms with Crippen LogP contribution in [0.3, 0.4) is 0 Å². The monoisotopic (exact) mass is 562 g/mol. The third-order valence-corrected chi connectivity index (χ3v) is 7.27. The number of anilines is 1. The van der Waals surface area contributed by atoms with Gasteiger partial charge in [-0.15, -0.1) is 0 Å². The number of nitrogens with zero attached hydrogens (tertiary/aromatic N) is 1. The molecule has 0 aliphatic carbocycles. The van der Waals surface area contributed by atoms with Gasteiger partial charge in [0.05, 0.1) is 11.6 Å². The fraction of sp³-hybridized carbons (Fsp3) is 0.286. The number of carbonyl (C=O) groups excluding carboxylic acids is 2. The van der Waals surface area contributed by atoms with Crippen molar-refractivity contribution in [2.24, 2.45) is 0 Å². The molecule has 2 aliphatic rings. The molecule has 1 fully saturated rings. The van der Waals surface area contributed by atoms with Crippen molar-refractivity contribution in [3.63, 3.8) is 0 Å². The average molecular weight is 563 g/mol. The van der Waals surface area contributed by atoms with Gasteiger partial charge in [0.2, 0.25) is 0 Å². The molecule has 1 amide bonds. The maximum atomic E-state index is 12.8. The molecular formula is C28H25Cl2N2NaO5. The smallest absolute Gasteiger partial charge is 0.549 e. The molecule has 0 spiro atoms. The molecule has 0 aromatic heterocycles. The summed E-state index contributed by atoms with van der Waals surface area (Å²) in [7, 11) is 0. The maximum absolute atomic E-state index is 12.8. The van der Waals surface area contributed by atoms with Crippen molar-refractivity contribution in [2.75, 3.05) is 24.6 Å². The molecule has 0 saturated carbocycles. The molecule has 1 atom stereocenters. The number of nitrogens with one attached hydrogen (secondary N) is 1. The third kappa shape index (κ3) is 6.58. The van der Waals surface area contributed by atoms with Gasteiger partial charge in [-0.3, -0.25) is 4.79 Å². The molecule has 5 rings (SSSR count). The zero-order valence-electron chi connectivity index (χ0n) is 20.9. The van der Waals surface area contributed by atoms with Crippen LogP contribution in [-0.2, 0) is 4.79 Å². The number of fused-ring (bicyclic) bond motifs is 1. The summed E-state index contributed by atoms with van der Waals surface area (Å²) in [5.41, 5.74) is 2.10. The van der Waals surface area contributed by atoms with Crippen LogP contribution in [-0.4, -0.2) is 37.6 Å². The Labute approximate surface area is 253 Å². The minimum Gasteiger partial charge on any atom is -0.549 e. The number of carboxylic acid groups (broad SMARTS) is 1. The van der Waals surface area contributed by atoms with Crippen LogP contribution in [0.1, 0.15) is 41.1 Å². The Hall–Kier alpha value is -2.42. The van der Waals surface area contributed by atoms with Gasteiger partial charge in [-0.05, 0) is 67.8 Å². The van der Waals surface area contributed by atoms with Crippen LogP contribution in [0.5, 0.6) is 17.2 Å². The Balaban J connectivity index is 0.00000336. The second-order valence-corrected chi connectivity index (χ2v) is 10.0. The van der Waals surface area contributed by atoms with Gasteiger partial charge in [0.1, 0.15) is 17.2 Å². The molecule has 0 radical (unpaired) electrons. The molecule has 3 aromatic carbocycles. The van der Waals surface area contributed by atoms with Crippen molar-refractivity contribution < 1.29 is 53.7 Å². The summed E-state index contributed by atoms with van der Waals surface area (Å²) in [6.45, 7) is 1.95. The molecular weight excluding hydrogens is 538 g/mol. The molecule has 0 bridgehead atoms. The normalized spacial score (nSPS) is 17.0. The van der Waals surface area contributed by atoms with E-state index >= 15 is 0 Å². The fourth-order valence-electron chi connectivity index (χ4n) is 4.74. The van der Waals surface area contributed by atoms with Crippen molar-refractivity contribution in [1.29, 1.82) is 0 Å². The second kappa shape index (κ2) is 12.6. The van der Waals surface area contributed by atoms with Gasteiger partial charge in [0.15, 0.2) is 0 Å². The first kappa shape index (κ1) is 28.6. The van der Waals surface area contributed by atoms with E-state index in [0.717, 1.165) is 31.6 Å². The van der Waals surface area contributed by atoms with E-state index in [9.17, 15) is 14.7 Å². The molecule has 2 heterocycles. The number of ether oxygens (including phenoxy) is 2. The number of aliphatic carboxylic acids is 1. The summed E-state index contributed by atoms with van der Waals surface area (Å²) < 4.78 is 11.5. The van der Waals surface area contributed by atoms with Crippen LogP contribution in [0, 0.1) is 0 Å². The van der Waals surface area contributed by atoms with Gasteiger partial charge >= 0.3 is 29.6 Å². The van der Waals surface area contributed by atoms with Crippen LogP contribution >= 0.6 is 23.2 Å². The van der Waals surface area contributed by atoms with Crippen molar-refractivity contribution >= 4 is 40.8 Å². The Bertz CT molecular complexity index is 1310. The Kier molecular flexibility index (Phi) is 9.50. The molecule has 1 N–H and O–H groups in total. The van der Waals surface area contributed by atoms with Crippen LogP contribution in [0.4, 0.5) is 5.69 Å². The summed E-state index contributed by atoms with van der Waals surface area (Å²) in [5.74, 6) is -0.825. The molecule has 10 heteroatoms. The number of carbonyl (C=O) groups is 2. The van der Waals surface area contributed by atoms with E-state index in [-0.39, 0.29) is 53.1 Å². The van der Waals surface area contributed by atoms with Gasteiger partial charge in [-0.1, -0.05) is 29.3 Å². The molecule has 1 saturated heterocycles. The summed E-state index contributed by atoms with van der Waals surface area (Å²) in [6, 6.07) is 17.8. The van der Waals surface area contributed by atoms with Gasteiger partial charge in [0, 0.05) is 58.9 Å². The van der Waals surface area contributed by atoms with Gasteiger partial charge < -0.3 is 29.6 Å². The fourth-order valence-corrected chi connectivity index (χ4v) is 5.13. The van der Waals surface area contributed by atoms with Gasteiger partial charge in [-0.25, -0.2) is 0 Å². The zero-order chi connectivity index (χ0) is 25.9. The van der Waals surface area contributed by atoms with Crippen molar-refractivity contribution in [3.8, 4) is 17.2 Å². The first-order valence-corrected chi connectivity index (χ1v) is 12.9. The summed E-state index contributed by atoms with van der Waals surface area (Å²) >= 11 is 12.5. The SMILES string of the molecule is O=C(NC1CCN(c2cccc(Cl)c2)CC1)c1ccc(Oc2cc3c(cc2Cl)C(C(=O)[O-])CCO3)cc1.[Na+]. The quantitative estimate of drug-likeness (QED) is 0.461. The maximum Gasteiger partial charge on any atom is 1.00 e. The second-order valence-electron chi connectivity index (χ2n) is 9.17. The third-order valence-electron chi connectivity index (χ3n) is 6.74. The van der Waals surface area contributed by atoms with E-state index in [1.807, 2.05) is 24.3 Å². The largest absolute Gasteiger partial charge is 1.00 e. The Morgan fingerprint density at radius 1 is 1.00 bits per heavy atom. The first-order valence-electron chi connectivity index (χ1n) is 12.1. The first-order chi connectivity index (χ1) is 17.9. The van der Waals surface area contributed by atoms with E-state index in [4.69, 9.17) is 32.7 Å². The molecule has 7 nitrogen and oxygen atoms in total. The van der Waals surface area contributed by atoms with E-state index in [0.29, 0.717) is 39.8 Å². The van der Waals surface area contributed by atoms with E-state index in [1.54, 1.807) is 36.4 Å². The van der Waals surface area contributed by atoms with Crippen molar-refractivity contribution in [1.82, 2.24) is 5.32 Å². The van der Waals surface area contributed by atoms with Gasteiger partial charge in [0.25, 0.3) is 5.91 Å². The predicted molar refractivity (Wildman–Crippen MR) is 140 cm³/mol. The van der Waals surface area contributed by atoms with Gasteiger partial charge in [-0.2, -0.15) is 0 Å². The number of hydrogen-bond acceptors (Lipinski definition) is 6. The van der Waals surface area contributed by atoms with E-state index in [1.165, 1.54) is 0 Å². The standard InChI is InChI=1S/C28H26Cl2N2O5.Na/c29-18-2-1-3-20(14-18)32-11-8-19(9-12-32)31-27(33)17-4-6-21(7-5-17)37-26-16-25-23(15-24(26)30)22(28(34)35)10-13-36-25;/h1-7,14-16,19,22H,8-13H2,(H,31,33)(H,34,35);/q;+1/p-1. The number of hydrogen-bond donors (Lipinski definition) is 1. The number of amides is 1. The van der Waals surface area contributed by atoms with Crippen molar-refractivity contribution in [3.05, 3.63) is 81.8 Å². The summed E-state index contributed by atoms with van der Waals surface area (Å²) in [6.07, 6.45) is 2.02. The summed E-state index contributed by atoms with van der Waals surface area (Å²) in [4.78, 5) is 26.5. The van der Waals surface area contributed by atoms with Crippen LogP contribution in [0.2, 0.25) is 10.0 Å². The summed E-state index contributed by atoms with van der Waals surface area (Å²) in [5, 5.41) is 15.5. The Morgan fingerprint density at radius 2 is 1.74 bits per heavy atom. The number of rotatable bonds is 6. The van der Waals surface area contributed by atoms with E-state index < -0.39 is 11.9 Å². The molecule has 2 aliphatic heterocycles. The topological polar surface area (TPSA) is 90.9 Å². The van der Waals surface area contributed by atoms with Crippen LogP contribution in [0.15, 0.2) is 60.7 Å². The Morgan fingerprint density at radius 3 is 2.42 bits per heavy atom. The number of benzene rings is 3. The molecule has 192 valence electrons. The van der Waals surface area contributed by atoms with Crippen LogP contribution in [0.25, 0.3) is 0 Å².